The highest BCUT2D eigenvalue weighted by molar-refractivity contribution is 6.16. The van der Waals surface area contributed by atoms with Crippen LogP contribution in [0.15, 0.2) is 66.4 Å². The molecule has 27 heavy (non-hydrogen) atoms. The lowest BCUT2D eigenvalue weighted by Gasteiger charge is -2.11. The minimum atomic E-state index is -0.583. The minimum absolute atomic E-state index is 0.384. The number of halogens is 1. The van der Waals surface area contributed by atoms with Gasteiger partial charge in [-0.25, -0.2) is 4.79 Å². The molecule has 0 aliphatic carbocycles. The fraction of sp³-hybridized carbons (Fsp3) is 0.227. The summed E-state index contributed by atoms with van der Waals surface area (Å²) >= 11 is 5.14. The van der Waals surface area contributed by atoms with Gasteiger partial charge >= 0.3 is 5.97 Å². The molecule has 0 heterocycles. The van der Waals surface area contributed by atoms with E-state index in [0.29, 0.717) is 17.8 Å². The number of rotatable bonds is 9. The third-order valence-electron chi connectivity index (χ3n) is 3.79. The van der Waals surface area contributed by atoms with Crippen molar-refractivity contribution in [3.63, 3.8) is 0 Å². The summed E-state index contributed by atoms with van der Waals surface area (Å²) in [6.07, 6.45) is 12.0. The molecule has 0 aliphatic heterocycles. The Morgan fingerprint density at radius 3 is 2.63 bits per heavy atom. The van der Waals surface area contributed by atoms with Crippen LogP contribution in [0.1, 0.15) is 43.9 Å². The van der Waals surface area contributed by atoms with Crippen LogP contribution in [-0.2, 0) is 15.6 Å². The summed E-state index contributed by atoms with van der Waals surface area (Å²) in [5.41, 5.74) is 10.8. The Bertz CT molecular complexity index is 790. The summed E-state index contributed by atoms with van der Waals surface area (Å²) < 4.78 is 4.24. The van der Waals surface area contributed by atoms with Crippen LogP contribution >= 0.6 is 11.9 Å². The third kappa shape index (κ3) is 7.19. The average molecular weight is 387 g/mol. The van der Waals surface area contributed by atoms with E-state index >= 15 is 0 Å². The van der Waals surface area contributed by atoms with E-state index in [0.717, 1.165) is 28.8 Å². The van der Waals surface area contributed by atoms with Crippen molar-refractivity contribution in [3.05, 3.63) is 83.1 Å². The van der Waals surface area contributed by atoms with Gasteiger partial charge in [0.25, 0.3) is 0 Å². The lowest BCUT2D eigenvalue weighted by molar-refractivity contribution is -0.129. The summed E-state index contributed by atoms with van der Waals surface area (Å²) in [5, 5.41) is 3.38. The van der Waals surface area contributed by atoms with Crippen LogP contribution in [0, 0.1) is 0 Å². The fourth-order valence-electron chi connectivity index (χ4n) is 2.46. The highest BCUT2D eigenvalue weighted by atomic mass is 35.5. The fourth-order valence-corrected chi connectivity index (χ4v) is 2.55. The Kier molecular flexibility index (Phi) is 9.76. The molecular weight excluding hydrogens is 360 g/mol. The lowest BCUT2D eigenvalue weighted by Crippen LogP contribution is -2.12. The van der Waals surface area contributed by atoms with Crippen LogP contribution in [-0.4, -0.2) is 5.97 Å². The number of nitrogens with two attached hydrogens (primary N) is 1. The van der Waals surface area contributed by atoms with Crippen LogP contribution in [0.25, 0.3) is 11.8 Å². The first kappa shape index (κ1) is 22.3. The van der Waals surface area contributed by atoms with Gasteiger partial charge in [0.1, 0.15) is 11.9 Å². The van der Waals surface area contributed by atoms with Crippen LogP contribution in [0.2, 0.25) is 0 Å². The van der Waals surface area contributed by atoms with Crippen LogP contribution in [0.4, 0.5) is 0 Å². The van der Waals surface area contributed by atoms with Crippen LogP contribution < -0.4 is 11.1 Å². The second-order valence-electron chi connectivity index (χ2n) is 5.81. The minimum Gasteiger partial charge on any atom is -0.399 e. The van der Waals surface area contributed by atoms with E-state index in [1.165, 1.54) is 0 Å². The maximum Gasteiger partial charge on any atom is 0.355 e. The molecule has 144 valence electrons. The highest BCUT2D eigenvalue weighted by Crippen LogP contribution is 2.18. The standard InChI is InChI=1S/C22H27ClN2O2/c1-5-8-19-14-17(10-13-21(19)16(4)24)15-25-20(9-6-2)12-11-18(7-3)22(26)27-23/h5,7-14,25H,4,6,15,24H2,1-3H3/b8-5-,12-11-,18-7+,20-9-. The predicted molar refractivity (Wildman–Crippen MR) is 114 cm³/mol. The van der Waals surface area contributed by atoms with Crippen molar-refractivity contribution in [1.29, 1.82) is 0 Å². The van der Waals surface area contributed by atoms with Gasteiger partial charge in [-0.05, 0) is 49.6 Å². The smallest absolute Gasteiger partial charge is 0.355 e. The second-order valence-corrected chi connectivity index (χ2v) is 5.96. The van der Waals surface area contributed by atoms with Gasteiger partial charge < -0.3 is 15.3 Å². The van der Waals surface area contributed by atoms with Gasteiger partial charge in [0.2, 0.25) is 0 Å². The molecule has 4 nitrogen and oxygen atoms in total. The summed E-state index contributed by atoms with van der Waals surface area (Å²) in [7, 11) is 0. The van der Waals surface area contributed by atoms with Crippen molar-refractivity contribution in [2.45, 2.75) is 33.7 Å². The number of hydrogen-bond donors (Lipinski definition) is 2. The number of allylic oxidation sites excluding steroid dienone is 4. The Morgan fingerprint density at radius 2 is 2.07 bits per heavy atom. The number of carbonyl (C=O) groups is 1. The van der Waals surface area contributed by atoms with Crippen molar-refractivity contribution in [2.75, 3.05) is 0 Å². The maximum absolute atomic E-state index is 11.5. The second kappa shape index (κ2) is 11.8. The lowest BCUT2D eigenvalue weighted by atomic mass is 10.0. The monoisotopic (exact) mass is 386 g/mol. The van der Waals surface area contributed by atoms with Gasteiger partial charge in [-0.3, -0.25) is 0 Å². The summed E-state index contributed by atoms with van der Waals surface area (Å²) in [6, 6.07) is 6.07. The molecule has 0 bridgehead atoms. The normalized spacial score (nSPS) is 12.6. The Balaban J connectivity index is 2.95. The van der Waals surface area contributed by atoms with Crippen LogP contribution in [0.5, 0.6) is 0 Å². The predicted octanol–water partition coefficient (Wildman–Crippen LogP) is 5.23. The van der Waals surface area contributed by atoms with Crippen molar-refractivity contribution in [1.82, 2.24) is 5.32 Å². The molecular formula is C22H27ClN2O2. The zero-order valence-corrected chi connectivity index (χ0v) is 16.8. The molecule has 0 saturated carbocycles. The summed E-state index contributed by atoms with van der Waals surface area (Å²) in [5.74, 6) is -0.583. The third-order valence-corrected chi connectivity index (χ3v) is 3.93. The number of carbonyl (C=O) groups excluding carboxylic acids is 1. The first-order valence-corrected chi connectivity index (χ1v) is 9.09. The molecule has 0 fully saturated rings. The molecule has 0 aromatic heterocycles. The van der Waals surface area contributed by atoms with E-state index in [1.54, 1.807) is 19.1 Å². The molecule has 0 aliphatic rings. The van der Waals surface area contributed by atoms with E-state index in [1.807, 2.05) is 50.3 Å². The molecule has 0 spiro atoms. The quantitative estimate of drug-likeness (QED) is 0.450. The highest BCUT2D eigenvalue weighted by Gasteiger charge is 2.06. The van der Waals surface area contributed by atoms with Gasteiger partial charge in [-0.2, -0.15) is 0 Å². The van der Waals surface area contributed by atoms with E-state index in [4.69, 9.17) is 17.6 Å². The van der Waals surface area contributed by atoms with Gasteiger partial charge in [-0.15, -0.1) is 0 Å². The van der Waals surface area contributed by atoms with E-state index in [-0.39, 0.29) is 0 Å². The van der Waals surface area contributed by atoms with Crippen LogP contribution in [0.3, 0.4) is 0 Å². The molecule has 0 unspecified atom stereocenters. The SMILES string of the molecule is C=C(N)c1ccc(CNC(/C=C\C(=C/C)C(=O)OCl)=C\CC)cc1/C=C\C. The topological polar surface area (TPSA) is 64.3 Å². The average Bonchev–Trinajstić information content (AvgIpc) is 2.66. The van der Waals surface area contributed by atoms with Gasteiger partial charge in [0.05, 0.1) is 5.57 Å². The molecule has 1 aromatic carbocycles. The Labute approximate surface area is 166 Å². The van der Waals surface area contributed by atoms with Gasteiger partial charge in [0.15, 0.2) is 0 Å². The summed E-state index contributed by atoms with van der Waals surface area (Å²) in [4.78, 5) is 11.5. The molecule has 0 radical (unpaired) electrons. The molecule has 5 heteroatoms. The number of benzene rings is 1. The van der Waals surface area contributed by atoms with Crippen molar-refractivity contribution < 1.29 is 9.08 Å². The first-order valence-electron chi connectivity index (χ1n) is 8.78. The molecule has 0 saturated heterocycles. The Hall–Kier alpha value is -2.72. The molecule has 0 atom stereocenters. The van der Waals surface area contributed by atoms with Crippen molar-refractivity contribution in [2.24, 2.45) is 5.73 Å². The molecule has 1 rings (SSSR count). The maximum atomic E-state index is 11.5. The zero-order valence-electron chi connectivity index (χ0n) is 16.1. The largest absolute Gasteiger partial charge is 0.399 e. The molecule has 3 N–H and O–H groups in total. The van der Waals surface area contributed by atoms with Gasteiger partial charge in [0, 0.05) is 23.5 Å². The van der Waals surface area contributed by atoms with E-state index in [9.17, 15) is 4.79 Å². The Morgan fingerprint density at radius 1 is 1.33 bits per heavy atom. The van der Waals surface area contributed by atoms with E-state index in [2.05, 4.69) is 22.3 Å². The van der Waals surface area contributed by atoms with Crippen molar-refractivity contribution >= 4 is 29.6 Å². The van der Waals surface area contributed by atoms with E-state index < -0.39 is 5.97 Å². The molecule has 0 amide bonds. The number of hydrogen-bond acceptors (Lipinski definition) is 4. The van der Waals surface area contributed by atoms with Crippen molar-refractivity contribution in [3.8, 4) is 0 Å². The summed E-state index contributed by atoms with van der Waals surface area (Å²) in [6.45, 7) is 10.2. The molecule has 1 aromatic rings. The number of nitrogens with one attached hydrogen (secondary N) is 1. The first-order chi connectivity index (χ1) is 13.0. The van der Waals surface area contributed by atoms with Gasteiger partial charge in [-0.1, -0.05) is 49.9 Å². The zero-order chi connectivity index (χ0) is 20.2.